The number of rotatable bonds is 2. The largest absolute Gasteiger partial charge is 0.395 e. The maximum atomic E-state index is 13.5. The first-order valence-corrected chi connectivity index (χ1v) is 7.79. The molecule has 2 rings (SSSR count). The molecule has 1 aliphatic rings. The van der Waals surface area contributed by atoms with E-state index >= 15 is 0 Å². The van der Waals surface area contributed by atoms with E-state index in [1.807, 2.05) is 13.8 Å². The summed E-state index contributed by atoms with van der Waals surface area (Å²) in [5.74, 6) is -0.730. The van der Waals surface area contributed by atoms with Gasteiger partial charge in [0.2, 0.25) is 10.0 Å². The SMILES string of the molecule is CC1CN(S(=O)(=O)c2cccc(F)c2N)CC(C)(C)O1. The molecular formula is C13H19FN2O3S. The van der Waals surface area contributed by atoms with Gasteiger partial charge in [0.1, 0.15) is 10.7 Å². The fourth-order valence-electron chi connectivity index (χ4n) is 2.46. The Labute approximate surface area is 118 Å². The summed E-state index contributed by atoms with van der Waals surface area (Å²) in [6, 6.07) is 3.80. The maximum absolute atomic E-state index is 13.5. The van der Waals surface area contributed by atoms with Crippen molar-refractivity contribution in [3.05, 3.63) is 24.0 Å². The molecule has 1 aromatic carbocycles. The lowest BCUT2D eigenvalue weighted by Gasteiger charge is -2.40. The molecule has 1 heterocycles. The van der Waals surface area contributed by atoms with Gasteiger partial charge in [0.25, 0.3) is 0 Å². The Morgan fingerprint density at radius 1 is 1.45 bits per heavy atom. The van der Waals surface area contributed by atoms with E-state index in [9.17, 15) is 12.8 Å². The van der Waals surface area contributed by atoms with Crippen molar-refractivity contribution >= 4 is 15.7 Å². The summed E-state index contributed by atoms with van der Waals surface area (Å²) in [5.41, 5.74) is 4.63. The molecule has 0 spiro atoms. The van der Waals surface area contributed by atoms with Crippen molar-refractivity contribution in [2.45, 2.75) is 37.4 Å². The molecule has 0 bridgehead atoms. The molecule has 0 aliphatic carbocycles. The minimum Gasteiger partial charge on any atom is -0.395 e. The van der Waals surface area contributed by atoms with Gasteiger partial charge in [-0.2, -0.15) is 4.31 Å². The number of ether oxygens (including phenoxy) is 1. The van der Waals surface area contributed by atoms with Crippen LogP contribution in [0.3, 0.4) is 0 Å². The number of nitrogens with two attached hydrogens (primary N) is 1. The molecule has 0 amide bonds. The molecule has 5 nitrogen and oxygen atoms in total. The number of sulfonamides is 1. The van der Waals surface area contributed by atoms with Gasteiger partial charge in [-0.05, 0) is 32.9 Å². The average Bonchev–Trinajstić information content (AvgIpc) is 2.29. The Morgan fingerprint density at radius 3 is 2.70 bits per heavy atom. The van der Waals surface area contributed by atoms with Gasteiger partial charge in [-0.25, -0.2) is 12.8 Å². The van der Waals surface area contributed by atoms with Crippen LogP contribution in [0.1, 0.15) is 20.8 Å². The number of nitrogen functional groups attached to an aromatic ring is 1. The van der Waals surface area contributed by atoms with E-state index in [0.29, 0.717) is 0 Å². The highest BCUT2D eigenvalue weighted by molar-refractivity contribution is 7.89. The number of morpholine rings is 1. The Morgan fingerprint density at radius 2 is 2.10 bits per heavy atom. The number of nitrogens with zero attached hydrogens (tertiary/aromatic N) is 1. The van der Waals surface area contributed by atoms with E-state index in [-0.39, 0.29) is 29.8 Å². The van der Waals surface area contributed by atoms with E-state index in [4.69, 9.17) is 10.5 Å². The summed E-state index contributed by atoms with van der Waals surface area (Å²) in [6.45, 7) is 5.87. The van der Waals surface area contributed by atoms with Crippen molar-refractivity contribution in [3.63, 3.8) is 0 Å². The summed E-state index contributed by atoms with van der Waals surface area (Å²) in [4.78, 5) is -0.192. The number of anilines is 1. The molecular weight excluding hydrogens is 283 g/mol. The van der Waals surface area contributed by atoms with Gasteiger partial charge >= 0.3 is 0 Å². The minimum absolute atomic E-state index is 0.192. The van der Waals surface area contributed by atoms with E-state index in [1.165, 1.54) is 16.4 Å². The molecule has 2 N–H and O–H groups in total. The Bertz CT molecular complexity index is 616. The topological polar surface area (TPSA) is 72.6 Å². The lowest BCUT2D eigenvalue weighted by atomic mass is 10.1. The summed E-state index contributed by atoms with van der Waals surface area (Å²) < 4.78 is 45.7. The van der Waals surface area contributed by atoms with Crippen molar-refractivity contribution in [1.82, 2.24) is 4.31 Å². The highest BCUT2D eigenvalue weighted by atomic mass is 32.2. The van der Waals surface area contributed by atoms with Crippen LogP contribution in [0.2, 0.25) is 0 Å². The Hall–Kier alpha value is -1.18. The number of benzene rings is 1. The minimum atomic E-state index is -3.83. The quantitative estimate of drug-likeness (QED) is 0.842. The highest BCUT2D eigenvalue weighted by Crippen LogP contribution is 2.29. The standard InChI is InChI=1S/C13H19FN2O3S/c1-9-7-16(8-13(2,3)19-9)20(17,18)11-6-4-5-10(14)12(11)15/h4-6,9H,7-8,15H2,1-3H3. The van der Waals surface area contributed by atoms with Crippen molar-refractivity contribution in [3.8, 4) is 0 Å². The van der Waals surface area contributed by atoms with Crippen LogP contribution in [0, 0.1) is 5.82 Å². The second-order valence-corrected chi connectivity index (χ2v) is 7.54. The molecule has 1 aromatic rings. The van der Waals surface area contributed by atoms with Gasteiger partial charge in [-0.1, -0.05) is 6.07 Å². The Balaban J connectivity index is 2.42. The van der Waals surface area contributed by atoms with Crippen molar-refractivity contribution < 1.29 is 17.5 Å². The van der Waals surface area contributed by atoms with Gasteiger partial charge in [0.15, 0.2) is 0 Å². The third-order valence-corrected chi connectivity index (χ3v) is 5.04. The fraction of sp³-hybridized carbons (Fsp3) is 0.538. The molecule has 20 heavy (non-hydrogen) atoms. The zero-order valence-electron chi connectivity index (χ0n) is 11.8. The number of halogens is 1. The first kappa shape index (κ1) is 15.2. The summed E-state index contributed by atoms with van der Waals surface area (Å²) in [7, 11) is -3.83. The predicted molar refractivity (Wildman–Crippen MR) is 74.2 cm³/mol. The smallest absolute Gasteiger partial charge is 0.245 e. The molecule has 112 valence electrons. The normalized spacial score (nSPS) is 23.7. The molecule has 1 unspecified atom stereocenters. The second-order valence-electron chi connectivity index (χ2n) is 5.64. The summed E-state index contributed by atoms with van der Waals surface area (Å²) >= 11 is 0. The van der Waals surface area contributed by atoms with Crippen molar-refractivity contribution in [2.24, 2.45) is 0 Å². The molecule has 1 fully saturated rings. The predicted octanol–water partition coefficient (Wildman–Crippen LogP) is 1.60. The van der Waals surface area contributed by atoms with Gasteiger partial charge in [0, 0.05) is 13.1 Å². The molecule has 1 atom stereocenters. The molecule has 7 heteroatoms. The zero-order valence-corrected chi connectivity index (χ0v) is 12.6. The first-order chi connectivity index (χ1) is 9.13. The third-order valence-electron chi connectivity index (χ3n) is 3.17. The number of para-hydroxylation sites is 1. The van der Waals surface area contributed by atoms with Crippen LogP contribution in [-0.4, -0.2) is 37.5 Å². The lowest BCUT2D eigenvalue weighted by molar-refractivity contribution is -0.109. The van der Waals surface area contributed by atoms with Crippen LogP contribution in [0.15, 0.2) is 23.1 Å². The van der Waals surface area contributed by atoms with Crippen molar-refractivity contribution in [2.75, 3.05) is 18.8 Å². The number of hydrogen-bond acceptors (Lipinski definition) is 4. The van der Waals surface area contributed by atoms with E-state index in [2.05, 4.69) is 0 Å². The zero-order chi connectivity index (χ0) is 15.1. The molecule has 0 aromatic heterocycles. The van der Waals surface area contributed by atoms with E-state index < -0.39 is 21.4 Å². The van der Waals surface area contributed by atoms with Crippen LogP contribution < -0.4 is 5.73 Å². The van der Waals surface area contributed by atoms with E-state index in [1.54, 1.807) is 6.92 Å². The molecule has 1 saturated heterocycles. The summed E-state index contributed by atoms with van der Waals surface area (Å²) in [6.07, 6.45) is -0.233. The van der Waals surface area contributed by atoms with Crippen molar-refractivity contribution in [1.29, 1.82) is 0 Å². The van der Waals surface area contributed by atoms with Gasteiger partial charge in [-0.3, -0.25) is 0 Å². The van der Waals surface area contributed by atoms with Gasteiger partial charge in [0.05, 0.1) is 17.4 Å². The molecule has 0 saturated carbocycles. The Kier molecular flexibility index (Phi) is 3.79. The summed E-state index contributed by atoms with van der Waals surface area (Å²) in [5, 5.41) is 0. The van der Waals surface area contributed by atoms with Crippen LogP contribution >= 0.6 is 0 Å². The highest BCUT2D eigenvalue weighted by Gasteiger charge is 2.38. The fourth-order valence-corrected chi connectivity index (χ4v) is 4.25. The first-order valence-electron chi connectivity index (χ1n) is 6.35. The van der Waals surface area contributed by atoms with Crippen LogP contribution in [-0.2, 0) is 14.8 Å². The molecule has 0 radical (unpaired) electrons. The third kappa shape index (κ3) is 2.79. The van der Waals surface area contributed by atoms with Gasteiger partial charge < -0.3 is 10.5 Å². The van der Waals surface area contributed by atoms with Crippen LogP contribution in [0.4, 0.5) is 10.1 Å². The van der Waals surface area contributed by atoms with Gasteiger partial charge in [-0.15, -0.1) is 0 Å². The van der Waals surface area contributed by atoms with Crippen LogP contribution in [0.5, 0.6) is 0 Å². The second kappa shape index (κ2) is 4.98. The lowest BCUT2D eigenvalue weighted by Crippen LogP contribution is -2.53. The van der Waals surface area contributed by atoms with E-state index in [0.717, 1.165) is 6.07 Å². The van der Waals surface area contributed by atoms with Crippen LogP contribution in [0.25, 0.3) is 0 Å². The maximum Gasteiger partial charge on any atom is 0.245 e. The average molecular weight is 302 g/mol. The number of hydrogen-bond donors (Lipinski definition) is 1. The molecule has 1 aliphatic heterocycles. The monoisotopic (exact) mass is 302 g/mol.